The Morgan fingerprint density at radius 1 is 1.32 bits per heavy atom. The molecule has 1 fully saturated rings. The number of hydrogen-bond donors (Lipinski definition) is 2. The standard InChI is InChI=1S/C20H32N2O3/c1-5-18(20(23)24)19-11-8-16(21-14(2)3)13-22(19)12-15-6-9-17(25-4)10-7-15/h6-7,9-10,14,16,18-19,21H,5,8,11-13H2,1-4H3,(H,23,24)/t16-,18-,19?/m1/s1. The van der Waals surface area contributed by atoms with Crippen LogP contribution in [0.5, 0.6) is 5.75 Å². The molecule has 5 heteroatoms. The zero-order chi connectivity index (χ0) is 18.4. The molecule has 0 spiro atoms. The zero-order valence-electron chi connectivity index (χ0n) is 15.9. The Bertz CT molecular complexity index is 544. The lowest BCUT2D eigenvalue weighted by molar-refractivity contribution is -0.145. The molecule has 3 atom stereocenters. The summed E-state index contributed by atoms with van der Waals surface area (Å²) in [5.74, 6) is -0.143. The first-order valence-electron chi connectivity index (χ1n) is 9.30. The molecule has 0 aromatic heterocycles. The highest BCUT2D eigenvalue weighted by molar-refractivity contribution is 5.70. The number of benzene rings is 1. The van der Waals surface area contributed by atoms with E-state index in [2.05, 4.69) is 36.2 Å². The Balaban J connectivity index is 2.15. The number of nitrogens with one attached hydrogen (secondary N) is 1. The molecule has 2 N–H and O–H groups in total. The van der Waals surface area contributed by atoms with Crippen molar-refractivity contribution in [3.8, 4) is 5.75 Å². The van der Waals surface area contributed by atoms with Gasteiger partial charge in [0.05, 0.1) is 13.0 Å². The predicted octanol–water partition coefficient (Wildman–Crippen LogP) is 3.14. The van der Waals surface area contributed by atoms with Crippen LogP contribution in [0, 0.1) is 5.92 Å². The third-order valence-electron chi connectivity index (χ3n) is 5.07. The summed E-state index contributed by atoms with van der Waals surface area (Å²) in [6.07, 6.45) is 2.62. The summed E-state index contributed by atoms with van der Waals surface area (Å²) in [6, 6.07) is 9.01. The van der Waals surface area contributed by atoms with Gasteiger partial charge in [0.25, 0.3) is 0 Å². The first-order chi connectivity index (χ1) is 11.9. The maximum Gasteiger partial charge on any atom is 0.308 e. The molecular weight excluding hydrogens is 316 g/mol. The van der Waals surface area contributed by atoms with Gasteiger partial charge in [0.15, 0.2) is 0 Å². The SMILES string of the molecule is CC[C@@H](C(=O)O)C1CC[C@@H](NC(C)C)CN1Cc1ccc(OC)cc1. The van der Waals surface area contributed by atoms with Gasteiger partial charge >= 0.3 is 5.97 Å². The van der Waals surface area contributed by atoms with Crippen molar-refractivity contribution in [2.75, 3.05) is 13.7 Å². The van der Waals surface area contributed by atoms with Crippen LogP contribution < -0.4 is 10.1 Å². The molecule has 140 valence electrons. The fourth-order valence-corrected chi connectivity index (χ4v) is 3.89. The summed E-state index contributed by atoms with van der Waals surface area (Å²) in [5, 5.41) is 13.2. The van der Waals surface area contributed by atoms with Crippen LogP contribution in [0.15, 0.2) is 24.3 Å². The molecule has 25 heavy (non-hydrogen) atoms. The van der Waals surface area contributed by atoms with Crippen LogP contribution in [0.4, 0.5) is 0 Å². The maximum atomic E-state index is 11.7. The second kappa shape index (κ2) is 9.20. The quantitative estimate of drug-likeness (QED) is 0.756. The molecule has 0 radical (unpaired) electrons. The fraction of sp³-hybridized carbons (Fsp3) is 0.650. The molecule has 2 rings (SSSR count). The van der Waals surface area contributed by atoms with E-state index in [9.17, 15) is 9.90 Å². The first-order valence-corrected chi connectivity index (χ1v) is 9.30. The minimum Gasteiger partial charge on any atom is -0.497 e. The molecular formula is C20H32N2O3. The fourth-order valence-electron chi connectivity index (χ4n) is 3.89. The highest BCUT2D eigenvalue weighted by Crippen LogP contribution is 2.28. The number of likely N-dealkylation sites (tertiary alicyclic amines) is 1. The van der Waals surface area contributed by atoms with Gasteiger partial charge in [-0.3, -0.25) is 9.69 Å². The molecule has 1 saturated heterocycles. The number of ether oxygens (including phenoxy) is 1. The molecule has 0 saturated carbocycles. The smallest absolute Gasteiger partial charge is 0.308 e. The van der Waals surface area contributed by atoms with E-state index in [-0.39, 0.29) is 12.0 Å². The summed E-state index contributed by atoms with van der Waals surface area (Å²) in [6.45, 7) is 7.95. The number of methoxy groups -OCH3 is 1. The summed E-state index contributed by atoms with van der Waals surface area (Å²) < 4.78 is 5.23. The lowest BCUT2D eigenvalue weighted by Gasteiger charge is -2.43. The number of carboxylic acid groups (broad SMARTS) is 1. The van der Waals surface area contributed by atoms with Crippen molar-refractivity contribution in [1.29, 1.82) is 0 Å². The molecule has 1 aliphatic rings. The number of piperidine rings is 1. The van der Waals surface area contributed by atoms with Gasteiger partial charge in [0.1, 0.15) is 5.75 Å². The number of carbonyl (C=O) groups is 1. The molecule has 1 aromatic rings. The largest absolute Gasteiger partial charge is 0.497 e. The van der Waals surface area contributed by atoms with Crippen LogP contribution in [0.25, 0.3) is 0 Å². The van der Waals surface area contributed by atoms with Crippen LogP contribution in [-0.4, -0.2) is 47.8 Å². The lowest BCUT2D eigenvalue weighted by atomic mass is 9.86. The third-order valence-corrected chi connectivity index (χ3v) is 5.07. The topological polar surface area (TPSA) is 61.8 Å². The maximum absolute atomic E-state index is 11.7. The van der Waals surface area contributed by atoms with Gasteiger partial charge in [0.2, 0.25) is 0 Å². The molecule has 0 amide bonds. The van der Waals surface area contributed by atoms with Crippen molar-refractivity contribution in [3.63, 3.8) is 0 Å². The normalized spacial score (nSPS) is 22.8. The summed E-state index contributed by atoms with van der Waals surface area (Å²) >= 11 is 0. The Morgan fingerprint density at radius 3 is 2.52 bits per heavy atom. The Morgan fingerprint density at radius 2 is 2.00 bits per heavy atom. The number of rotatable bonds is 8. The minimum absolute atomic E-state index is 0.0924. The minimum atomic E-state index is -0.678. The second-order valence-corrected chi connectivity index (χ2v) is 7.29. The monoisotopic (exact) mass is 348 g/mol. The zero-order valence-corrected chi connectivity index (χ0v) is 15.9. The average Bonchev–Trinajstić information content (AvgIpc) is 2.57. The molecule has 0 aliphatic carbocycles. The molecule has 1 aliphatic heterocycles. The van der Waals surface area contributed by atoms with Crippen LogP contribution >= 0.6 is 0 Å². The molecule has 5 nitrogen and oxygen atoms in total. The van der Waals surface area contributed by atoms with Crippen LogP contribution in [0.3, 0.4) is 0 Å². The van der Waals surface area contributed by atoms with Gasteiger partial charge in [0, 0.05) is 31.2 Å². The van der Waals surface area contributed by atoms with E-state index in [1.165, 1.54) is 5.56 Å². The van der Waals surface area contributed by atoms with Gasteiger partial charge in [-0.2, -0.15) is 0 Å². The summed E-state index contributed by atoms with van der Waals surface area (Å²) in [5.41, 5.74) is 1.19. The number of carboxylic acids is 1. The van der Waals surface area contributed by atoms with Crippen LogP contribution in [-0.2, 0) is 11.3 Å². The molecule has 0 bridgehead atoms. The van der Waals surface area contributed by atoms with Crippen molar-refractivity contribution in [2.24, 2.45) is 5.92 Å². The Kier molecular flexibility index (Phi) is 7.26. The van der Waals surface area contributed by atoms with E-state index < -0.39 is 5.97 Å². The van der Waals surface area contributed by atoms with E-state index in [1.54, 1.807) is 7.11 Å². The van der Waals surface area contributed by atoms with Gasteiger partial charge in [-0.25, -0.2) is 0 Å². The second-order valence-electron chi connectivity index (χ2n) is 7.29. The molecule has 1 aromatic carbocycles. The number of hydrogen-bond acceptors (Lipinski definition) is 4. The van der Waals surface area contributed by atoms with Crippen molar-refractivity contribution in [1.82, 2.24) is 10.2 Å². The van der Waals surface area contributed by atoms with Crippen LogP contribution in [0.1, 0.15) is 45.6 Å². The van der Waals surface area contributed by atoms with Crippen LogP contribution in [0.2, 0.25) is 0 Å². The first kappa shape index (κ1) is 19.7. The van der Waals surface area contributed by atoms with Crippen molar-refractivity contribution in [3.05, 3.63) is 29.8 Å². The van der Waals surface area contributed by atoms with E-state index >= 15 is 0 Å². The van der Waals surface area contributed by atoms with E-state index in [4.69, 9.17) is 4.74 Å². The number of nitrogens with zero attached hydrogens (tertiary/aromatic N) is 1. The third kappa shape index (κ3) is 5.44. The van der Waals surface area contributed by atoms with Gasteiger partial charge in [-0.1, -0.05) is 32.9 Å². The van der Waals surface area contributed by atoms with Crippen molar-refractivity contribution < 1.29 is 14.6 Å². The predicted molar refractivity (Wildman–Crippen MR) is 99.9 cm³/mol. The van der Waals surface area contributed by atoms with Crippen molar-refractivity contribution in [2.45, 2.75) is 64.7 Å². The summed E-state index contributed by atoms with van der Waals surface area (Å²) in [4.78, 5) is 14.1. The van der Waals surface area contributed by atoms with Gasteiger partial charge < -0.3 is 15.2 Å². The molecule has 1 heterocycles. The Labute approximate surface area is 151 Å². The van der Waals surface area contributed by atoms with E-state index in [0.717, 1.165) is 31.7 Å². The summed E-state index contributed by atoms with van der Waals surface area (Å²) in [7, 11) is 1.66. The highest BCUT2D eigenvalue weighted by Gasteiger charge is 2.36. The Hall–Kier alpha value is -1.59. The van der Waals surface area contributed by atoms with E-state index in [0.29, 0.717) is 18.5 Å². The van der Waals surface area contributed by atoms with E-state index in [1.807, 2.05) is 19.1 Å². The van der Waals surface area contributed by atoms with Gasteiger partial charge in [-0.05, 0) is 37.0 Å². The van der Waals surface area contributed by atoms with Gasteiger partial charge in [-0.15, -0.1) is 0 Å². The average molecular weight is 348 g/mol. The van der Waals surface area contributed by atoms with Crippen molar-refractivity contribution >= 4 is 5.97 Å². The number of aliphatic carboxylic acids is 1. The lowest BCUT2D eigenvalue weighted by Crippen LogP contribution is -2.54. The highest BCUT2D eigenvalue weighted by atomic mass is 16.5. The molecule has 1 unspecified atom stereocenters.